The predicted octanol–water partition coefficient (Wildman–Crippen LogP) is 1.75. The van der Waals surface area contributed by atoms with Crippen molar-refractivity contribution in [1.29, 1.82) is 0 Å². The Kier molecular flexibility index (Phi) is 5.20. The van der Waals surface area contributed by atoms with Crippen molar-refractivity contribution in [1.82, 2.24) is 10.2 Å². The maximum absolute atomic E-state index is 12.0. The molecule has 0 aromatic heterocycles. The van der Waals surface area contributed by atoms with Crippen LogP contribution >= 0.6 is 0 Å². The topological polar surface area (TPSA) is 58.6 Å². The molecule has 2 rings (SSSR count). The SMILES string of the molecule is CCNC(=O)c1cccc(C)c1OCC(=O)N1CCCC1. The maximum atomic E-state index is 12.0. The number of hydrogen-bond donors (Lipinski definition) is 1. The lowest BCUT2D eigenvalue weighted by Crippen LogP contribution is -2.32. The number of benzene rings is 1. The van der Waals surface area contributed by atoms with Crippen molar-refractivity contribution in [3.05, 3.63) is 29.3 Å². The molecular formula is C16H22N2O3. The molecule has 1 fully saturated rings. The van der Waals surface area contributed by atoms with Gasteiger partial charge in [0.15, 0.2) is 6.61 Å². The number of nitrogens with zero attached hydrogens (tertiary/aromatic N) is 1. The van der Waals surface area contributed by atoms with E-state index in [1.807, 2.05) is 30.9 Å². The van der Waals surface area contributed by atoms with E-state index in [0.717, 1.165) is 31.5 Å². The number of likely N-dealkylation sites (tertiary alicyclic amines) is 1. The van der Waals surface area contributed by atoms with Crippen LogP contribution in [0.4, 0.5) is 0 Å². The Morgan fingerprint density at radius 2 is 2.00 bits per heavy atom. The standard InChI is InChI=1S/C16H22N2O3/c1-3-17-16(20)13-8-6-7-12(2)15(13)21-11-14(19)18-9-4-5-10-18/h6-8H,3-5,9-11H2,1-2H3,(H,17,20). The van der Waals surface area contributed by atoms with Crippen molar-refractivity contribution < 1.29 is 14.3 Å². The molecule has 1 N–H and O–H groups in total. The number of nitrogens with one attached hydrogen (secondary N) is 1. The molecule has 0 radical (unpaired) electrons. The molecule has 5 heteroatoms. The minimum absolute atomic E-state index is 0.0161. The summed E-state index contributed by atoms with van der Waals surface area (Å²) in [4.78, 5) is 25.9. The molecule has 0 aliphatic carbocycles. The number of para-hydroxylation sites is 1. The van der Waals surface area contributed by atoms with E-state index in [2.05, 4.69) is 5.32 Å². The highest BCUT2D eigenvalue weighted by molar-refractivity contribution is 5.97. The molecule has 0 bridgehead atoms. The third kappa shape index (κ3) is 3.74. The molecule has 1 aliphatic rings. The number of ether oxygens (including phenoxy) is 1. The number of aryl methyl sites for hydroxylation is 1. The van der Waals surface area contributed by atoms with Crippen LogP contribution in [0.5, 0.6) is 5.75 Å². The van der Waals surface area contributed by atoms with E-state index in [0.29, 0.717) is 17.9 Å². The van der Waals surface area contributed by atoms with Gasteiger partial charge in [0.05, 0.1) is 5.56 Å². The van der Waals surface area contributed by atoms with Crippen molar-refractivity contribution >= 4 is 11.8 Å². The van der Waals surface area contributed by atoms with Gasteiger partial charge >= 0.3 is 0 Å². The summed E-state index contributed by atoms with van der Waals surface area (Å²) in [6.07, 6.45) is 2.11. The molecule has 0 unspecified atom stereocenters. The first-order valence-electron chi connectivity index (χ1n) is 7.42. The molecule has 1 aromatic rings. The lowest BCUT2D eigenvalue weighted by molar-refractivity contribution is -0.132. The fourth-order valence-corrected chi connectivity index (χ4v) is 2.47. The summed E-state index contributed by atoms with van der Waals surface area (Å²) in [7, 11) is 0. The number of carbonyl (C=O) groups is 2. The van der Waals surface area contributed by atoms with Gasteiger partial charge in [-0.3, -0.25) is 9.59 Å². The largest absolute Gasteiger partial charge is 0.483 e. The number of rotatable bonds is 5. The van der Waals surface area contributed by atoms with Gasteiger partial charge in [0.1, 0.15) is 5.75 Å². The molecule has 1 heterocycles. The lowest BCUT2D eigenvalue weighted by Gasteiger charge is -2.17. The van der Waals surface area contributed by atoms with Crippen LogP contribution in [0.25, 0.3) is 0 Å². The van der Waals surface area contributed by atoms with Gasteiger partial charge in [-0.15, -0.1) is 0 Å². The summed E-state index contributed by atoms with van der Waals surface area (Å²) >= 11 is 0. The quantitative estimate of drug-likeness (QED) is 0.898. The second kappa shape index (κ2) is 7.11. The first kappa shape index (κ1) is 15.4. The van der Waals surface area contributed by atoms with Gasteiger partial charge < -0.3 is 15.0 Å². The van der Waals surface area contributed by atoms with Gasteiger partial charge in [0, 0.05) is 19.6 Å². The van der Waals surface area contributed by atoms with Gasteiger partial charge in [0.2, 0.25) is 0 Å². The Labute approximate surface area is 125 Å². The fourth-order valence-electron chi connectivity index (χ4n) is 2.47. The zero-order chi connectivity index (χ0) is 15.2. The molecule has 1 saturated heterocycles. The zero-order valence-corrected chi connectivity index (χ0v) is 12.6. The van der Waals surface area contributed by atoms with E-state index in [9.17, 15) is 9.59 Å². The number of amides is 2. The average Bonchev–Trinajstić information content (AvgIpc) is 3.00. The van der Waals surface area contributed by atoms with E-state index >= 15 is 0 Å². The normalized spacial score (nSPS) is 14.1. The summed E-state index contributed by atoms with van der Waals surface area (Å²) in [5.41, 5.74) is 1.33. The van der Waals surface area contributed by atoms with Crippen LogP contribution in [-0.2, 0) is 4.79 Å². The van der Waals surface area contributed by atoms with E-state index in [1.54, 1.807) is 6.07 Å². The Balaban J connectivity index is 2.07. The highest BCUT2D eigenvalue weighted by Crippen LogP contribution is 2.23. The van der Waals surface area contributed by atoms with Crippen molar-refractivity contribution in [2.75, 3.05) is 26.2 Å². The summed E-state index contributed by atoms with van der Waals surface area (Å²) in [5, 5.41) is 2.76. The fraction of sp³-hybridized carbons (Fsp3) is 0.500. The first-order chi connectivity index (χ1) is 10.1. The molecule has 1 aromatic carbocycles. The Morgan fingerprint density at radius 3 is 2.67 bits per heavy atom. The summed E-state index contributed by atoms with van der Waals surface area (Å²) in [5.74, 6) is 0.304. The minimum Gasteiger partial charge on any atom is -0.483 e. The molecule has 0 saturated carbocycles. The highest BCUT2D eigenvalue weighted by atomic mass is 16.5. The molecule has 0 spiro atoms. The highest BCUT2D eigenvalue weighted by Gasteiger charge is 2.20. The number of carbonyl (C=O) groups excluding carboxylic acids is 2. The van der Waals surface area contributed by atoms with Crippen molar-refractivity contribution in [3.8, 4) is 5.75 Å². The molecule has 5 nitrogen and oxygen atoms in total. The second-order valence-corrected chi connectivity index (χ2v) is 5.19. The summed E-state index contributed by atoms with van der Waals surface area (Å²) in [6, 6.07) is 5.40. The van der Waals surface area contributed by atoms with E-state index in [-0.39, 0.29) is 18.4 Å². The smallest absolute Gasteiger partial charge is 0.260 e. The Hall–Kier alpha value is -2.04. The van der Waals surface area contributed by atoms with Gasteiger partial charge in [-0.1, -0.05) is 12.1 Å². The minimum atomic E-state index is -0.176. The third-order valence-electron chi connectivity index (χ3n) is 3.59. The van der Waals surface area contributed by atoms with Crippen LogP contribution in [0.2, 0.25) is 0 Å². The third-order valence-corrected chi connectivity index (χ3v) is 3.59. The van der Waals surface area contributed by atoms with Gasteiger partial charge in [0.25, 0.3) is 11.8 Å². The van der Waals surface area contributed by atoms with E-state index in [4.69, 9.17) is 4.74 Å². The Morgan fingerprint density at radius 1 is 1.29 bits per heavy atom. The van der Waals surface area contributed by atoms with Gasteiger partial charge in [-0.25, -0.2) is 0 Å². The van der Waals surface area contributed by atoms with Crippen LogP contribution in [0.3, 0.4) is 0 Å². The molecule has 2 amide bonds. The lowest BCUT2D eigenvalue weighted by atomic mass is 10.1. The van der Waals surface area contributed by atoms with Crippen molar-refractivity contribution in [3.63, 3.8) is 0 Å². The van der Waals surface area contributed by atoms with Crippen LogP contribution in [0, 0.1) is 6.92 Å². The second-order valence-electron chi connectivity index (χ2n) is 5.19. The average molecular weight is 290 g/mol. The van der Waals surface area contributed by atoms with Crippen molar-refractivity contribution in [2.24, 2.45) is 0 Å². The van der Waals surface area contributed by atoms with Crippen LogP contribution < -0.4 is 10.1 Å². The van der Waals surface area contributed by atoms with Crippen LogP contribution in [0.1, 0.15) is 35.7 Å². The predicted molar refractivity (Wildman–Crippen MR) is 80.5 cm³/mol. The molecule has 114 valence electrons. The van der Waals surface area contributed by atoms with Crippen LogP contribution in [0.15, 0.2) is 18.2 Å². The maximum Gasteiger partial charge on any atom is 0.260 e. The Bertz CT molecular complexity index is 522. The summed E-state index contributed by atoms with van der Waals surface area (Å²) < 4.78 is 5.66. The number of hydrogen-bond acceptors (Lipinski definition) is 3. The van der Waals surface area contributed by atoms with E-state index in [1.165, 1.54) is 0 Å². The molecule has 21 heavy (non-hydrogen) atoms. The van der Waals surface area contributed by atoms with Crippen molar-refractivity contribution in [2.45, 2.75) is 26.7 Å². The van der Waals surface area contributed by atoms with E-state index < -0.39 is 0 Å². The summed E-state index contributed by atoms with van der Waals surface area (Å²) in [6.45, 7) is 5.89. The monoisotopic (exact) mass is 290 g/mol. The molecule has 1 aliphatic heterocycles. The molecule has 0 atom stereocenters. The van der Waals surface area contributed by atoms with Crippen LogP contribution in [-0.4, -0.2) is 43.0 Å². The van der Waals surface area contributed by atoms with Gasteiger partial charge in [-0.05, 0) is 38.3 Å². The van der Waals surface area contributed by atoms with Gasteiger partial charge in [-0.2, -0.15) is 0 Å². The molecular weight excluding hydrogens is 268 g/mol. The first-order valence-corrected chi connectivity index (χ1v) is 7.42. The zero-order valence-electron chi connectivity index (χ0n) is 12.6.